The van der Waals surface area contributed by atoms with Gasteiger partial charge in [0.15, 0.2) is 5.76 Å². The fraction of sp³-hybridized carbons (Fsp3) is 0.0588. The average molecular weight is 293 g/mol. The van der Waals surface area contributed by atoms with E-state index in [2.05, 4.69) is 4.98 Å². The van der Waals surface area contributed by atoms with Gasteiger partial charge in [-0.1, -0.05) is 18.2 Å². The van der Waals surface area contributed by atoms with Crippen LogP contribution in [0, 0.1) is 6.92 Å². The van der Waals surface area contributed by atoms with Crippen molar-refractivity contribution in [2.75, 3.05) is 0 Å². The van der Waals surface area contributed by atoms with E-state index in [1.165, 1.54) is 0 Å². The summed E-state index contributed by atoms with van der Waals surface area (Å²) in [5.74, 6) is 0.227. The number of benzene rings is 1. The van der Waals surface area contributed by atoms with E-state index in [0.29, 0.717) is 11.3 Å². The summed E-state index contributed by atoms with van der Waals surface area (Å²) in [6.07, 6.45) is 1.61. The highest BCUT2D eigenvalue weighted by molar-refractivity contribution is 7.17. The summed E-state index contributed by atoms with van der Waals surface area (Å²) in [5.41, 5.74) is 3.27. The minimum Gasteiger partial charge on any atom is -0.452 e. The fourth-order valence-corrected chi connectivity index (χ4v) is 3.21. The van der Waals surface area contributed by atoms with Crippen molar-refractivity contribution in [2.24, 2.45) is 0 Å². The third-order valence-electron chi connectivity index (χ3n) is 3.53. The van der Waals surface area contributed by atoms with Crippen molar-refractivity contribution < 1.29 is 9.21 Å². The van der Waals surface area contributed by atoms with E-state index < -0.39 is 0 Å². The molecular formula is C17H11NO2S. The summed E-state index contributed by atoms with van der Waals surface area (Å²) in [6.45, 7) is 1.97. The average Bonchev–Trinajstić information content (AvgIpc) is 3.12. The molecular weight excluding hydrogens is 282 g/mol. The molecule has 0 saturated carbocycles. The van der Waals surface area contributed by atoms with Crippen LogP contribution in [0.4, 0.5) is 0 Å². The van der Waals surface area contributed by atoms with Crippen LogP contribution in [-0.4, -0.2) is 10.8 Å². The topological polar surface area (TPSA) is 43.1 Å². The lowest BCUT2D eigenvalue weighted by atomic mass is 10.1. The van der Waals surface area contributed by atoms with E-state index in [-0.39, 0.29) is 5.78 Å². The first-order valence-electron chi connectivity index (χ1n) is 6.59. The van der Waals surface area contributed by atoms with Crippen LogP contribution in [0.25, 0.3) is 21.2 Å². The zero-order valence-electron chi connectivity index (χ0n) is 11.3. The molecule has 4 rings (SSSR count). The van der Waals surface area contributed by atoms with Crippen LogP contribution in [0.2, 0.25) is 0 Å². The van der Waals surface area contributed by atoms with Gasteiger partial charge in [-0.2, -0.15) is 0 Å². The molecule has 0 spiro atoms. The first-order chi connectivity index (χ1) is 10.2. The van der Waals surface area contributed by atoms with Crippen molar-refractivity contribution in [2.45, 2.75) is 6.92 Å². The van der Waals surface area contributed by atoms with Crippen molar-refractivity contribution in [1.29, 1.82) is 0 Å². The van der Waals surface area contributed by atoms with Gasteiger partial charge in [-0.3, -0.25) is 9.78 Å². The van der Waals surface area contributed by atoms with Crippen LogP contribution in [-0.2, 0) is 0 Å². The molecule has 0 aliphatic rings. The molecule has 0 amide bonds. The molecule has 0 fully saturated rings. The number of furan rings is 1. The molecule has 4 heteroatoms. The van der Waals surface area contributed by atoms with Gasteiger partial charge in [0, 0.05) is 17.1 Å². The SMILES string of the molecule is Cc1cccc2cc(C(=O)c3cnc4ccsc4c3)oc12. The van der Waals surface area contributed by atoms with Gasteiger partial charge < -0.3 is 4.42 Å². The number of pyridine rings is 1. The first-order valence-corrected chi connectivity index (χ1v) is 7.47. The number of carbonyl (C=O) groups excluding carboxylic acids is 1. The smallest absolute Gasteiger partial charge is 0.229 e. The molecule has 1 aromatic carbocycles. The van der Waals surface area contributed by atoms with Gasteiger partial charge >= 0.3 is 0 Å². The second kappa shape index (κ2) is 4.53. The highest BCUT2D eigenvalue weighted by Gasteiger charge is 2.16. The number of para-hydroxylation sites is 1. The van der Waals surface area contributed by atoms with Crippen LogP contribution < -0.4 is 0 Å². The monoisotopic (exact) mass is 293 g/mol. The Morgan fingerprint density at radius 3 is 3.00 bits per heavy atom. The summed E-state index contributed by atoms with van der Waals surface area (Å²) in [7, 11) is 0. The van der Waals surface area contributed by atoms with Gasteiger partial charge in [0.2, 0.25) is 5.78 Å². The van der Waals surface area contributed by atoms with Crippen LogP contribution in [0.3, 0.4) is 0 Å². The maximum absolute atomic E-state index is 12.6. The Bertz CT molecular complexity index is 981. The maximum Gasteiger partial charge on any atom is 0.229 e. The molecule has 21 heavy (non-hydrogen) atoms. The van der Waals surface area contributed by atoms with Gasteiger partial charge in [0.1, 0.15) is 5.58 Å². The third-order valence-corrected chi connectivity index (χ3v) is 4.38. The zero-order valence-corrected chi connectivity index (χ0v) is 12.1. The maximum atomic E-state index is 12.6. The first kappa shape index (κ1) is 12.3. The van der Waals surface area contributed by atoms with Gasteiger partial charge in [0.25, 0.3) is 0 Å². The molecule has 0 aliphatic carbocycles. The molecule has 102 valence electrons. The third kappa shape index (κ3) is 1.96. The van der Waals surface area contributed by atoms with E-state index in [9.17, 15) is 4.79 Å². The quantitative estimate of drug-likeness (QED) is 0.508. The zero-order chi connectivity index (χ0) is 14.4. The predicted octanol–water partition coefficient (Wildman–Crippen LogP) is 4.58. The Kier molecular flexibility index (Phi) is 2.65. The Morgan fingerprint density at radius 1 is 1.24 bits per heavy atom. The molecule has 4 aromatic rings. The summed E-state index contributed by atoms with van der Waals surface area (Å²) >= 11 is 1.58. The Morgan fingerprint density at radius 2 is 2.14 bits per heavy atom. The molecule has 0 N–H and O–H groups in total. The second-order valence-corrected chi connectivity index (χ2v) is 5.91. The lowest BCUT2D eigenvalue weighted by molar-refractivity contribution is 0.101. The molecule has 3 heterocycles. The highest BCUT2D eigenvalue weighted by Crippen LogP contribution is 2.26. The highest BCUT2D eigenvalue weighted by atomic mass is 32.1. The fourth-order valence-electron chi connectivity index (χ4n) is 2.43. The van der Waals surface area contributed by atoms with E-state index in [0.717, 1.165) is 26.7 Å². The van der Waals surface area contributed by atoms with Crippen molar-refractivity contribution in [3.05, 3.63) is 64.9 Å². The molecule has 0 radical (unpaired) electrons. The number of hydrogen-bond acceptors (Lipinski definition) is 4. The minimum absolute atomic E-state index is 0.131. The van der Waals surface area contributed by atoms with Crippen molar-refractivity contribution in [3.63, 3.8) is 0 Å². The Balaban J connectivity index is 1.83. The van der Waals surface area contributed by atoms with Gasteiger partial charge in [-0.15, -0.1) is 11.3 Å². The van der Waals surface area contributed by atoms with Gasteiger partial charge in [-0.25, -0.2) is 0 Å². The molecule has 3 aromatic heterocycles. The van der Waals surface area contributed by atoms with Crippen molar-refractivity contribution in [1.82, 2.24) is 4.98 Å². The molecule has 0 atom stereocenters. The summed E-state index contributed by atoms with van der Waals surface area (Å²) in [4.78, 5) is 16.9. The summed E-state index contributed by atoms with van der Waals surface area (Å²) in [6, 6.07) is 11.5. The number of aromatic nitrogens is 1. The Labute approximate surface area is 124 Å². The number of fused-ring (bicyclic) bond motifs is 2. The second-order valence-electron chi connectivity index (χ2n) is 4.96. The van der Waals surface area contributed by atoms with E-state index in [1.54, 1.807) is 23.6 Å². The molecule has 0 saturated heterocycles. The van der Waals surface area contributed by atoms with E-state index >= 15 is 0 Å². The summed E-state index contributed by atoms with van der Waals surface area (Å²) in [5, 5.41) is 2.92. The lowest BCUT2D eigenvalue weighted by Gasteiger charge is -1.97. The number of carbonyl (C=O) groups is 1. The number of rotatable bonds is 2. The lowest BCUT2D eigenvalue weighted by Crippen LogP contribution is -1.99. The molecule has 0 unspecified atom stereocenters. The number of nitrogens with zero attached hydrogens (tertiary/aromatic N) is 1. The van der Waals surface area contributed by atoms with E-state index in [4.69, 9.17) is 4.42 Å². The summed E-state index contributed by atoms with van der Waals surface area (Å²) < 4.78 is 6.74. The van der Waals surface area contributed by atoms with Crippen LogP contribution in [0.15, 0.2) is 52.4 Å². The Hall–Kier alpha value is -2.46. The molecule has 0 aliphatic heterocycles. The predicted molar refractivity (Wildman–Crippen MR) is 84.0 cm³/mol. The van der Waals surface area contributed by atoms with Crippen LogP contribution in [0.5, 0.6) is 0 Å². The molecule has 3 nitrogen and oxygen atoms in total. The van der Waals surface area contributed by atoms with Gasteiger partial charge in [-0.05, 0) is 36.1 Å². The van der Waals surface area contributed by atoms with Crippen LogP contribution in [0.1, 0.15) is 21.7 Å². The minimum atomic E-state index is -0.131. The van der Waals surface area contributed by atoms with Crippen molar-refractivity contribution in [3.8, 4) is 0 Å². The normalized spacial score (nSPS) is 11.3. The molecule has 0 bridgehead atoms. The standard InChI is InChI=1S/C17H11NO2S/c1-10-3-2-4-11-7-14(20-17(10)11)16(19)12-8-15-13(18-9-12)5-6-21-15/h2-9H,1H3. The number of thiophene rings is 1. The van der Waals surface area contributed by atoms with Gasteiger partial charge in [0.05, 0.1) is 10.2 Å². The van der Waals surface area contributed by atoms with E-state index in [1.807, 2.05) is 42.6 Å². The largest absolute Gasteiger partial charge is 0.452 e. The number of hydrogen-bond donors (Lipinski definition) is 0. The number of ketones is 1. The number of aryl methyl sites for hydroxylation is 1. The van der Waals surface area contributed by atoms with Crippen LogP contribution >= 0.6 is 11.3 Å². The van der Waals surface area contributed by atoms with Crippen molar-refractivity contribution >= 4 is 38.3 Å².